The van der Waals surface area contributed by atoms with Crippen LogP contribution in [-0.2, 0) is 22.3 Å². The summed E-state index contributed by atoms with van der Waals surface area (Å²) >= 11 is 0. The number of hydrogen-bond donors (Lipinski definition) is 2. The average molecular weight is 612 g/mol. The van der Waals surface area contributed by atoms with Crippen molar-refractivity contribution in [1.82, 2.24) is 15.5 Å². The summed E-state index contributed by atoms with van der Waals surface area (Å²) in [5, 5.41) is 5.37. The zero-order valence-electron chi connectivity index (χ0n) is 23.7. The third-order valence-electron chi connectivity index (χ3n) is 7.00. The maximum atomic E-state index is 13.8. The second-order valence-corrected chi connectivity index (χ2v) is 9.84. The van der Waals surface area contributed by atoms with Gasteiger partial charge in [0.1, 0.15) is 5.75 Å². The first-order valence-electron chi connectivity index (χ1n) is 13.5. The summed E-state index contributed by atoms with van der Waals surface area (Å²) in [5.74, 6) is 0.190. The maximum absolute atomic E-state index is 13.8. The van der Waals surface area contributed by atoms with Crippen LogP contribution in [0.2, 0.25) is 0 Å². The predicted octanol–water partition coefficient (Wildman–Crippen LogP) is 4.96. The number of ether oxygens (including phenoxy) is 4. The van der Waals surface area contributed by atoms with E-state index in [1.165, 1.54) is 12.0 Å². The van der Waals surface area contributed by atoms with Crippen molar-refractivity contribution in [3.05, 3.63) is 100 Å². The first kappa shape index (κ1) is 30.3. The molecule has 2 N–H and O–H groups in total. The zero-order chi connectivity index (χ0) is 31.4. The molecule has 0 spiro atoms. The second kappa shape index (κ2) is 12.6. The van der Waals surface area contributed by atoms with Gasteiger partial charge in [-0.1, -0.05) is 18.2 Å². The normalized spacial score (nSPS) is 15.8. The average Bonchev–Trinajstić information content (AvgIpc) is 3.48. The summed E-state index contributed by atoms with van der Waals surface area (Å²) in [7, 11) is 1.51. The molecule has 5 rings (SSSR count). The molecule has 10 nitrogen and oxygen atoms in total. The predicted molar refractivity (Wildman–Crippen MR) is 150 cm³/mol. The van der Waals surface area contributed by atoms with Crippen LogP contribution in [0.5, 0.6) is 17.2 Å². The van der Waals surface area contributed by atoms with E-state index in [0.29, 0.717) is 28.4 Å². The molecular weight excluding hydrogens is 583 g/mol. The van der Waals surface area contributed by atoms with Gasteiger partial charge in [0.05, 0.1) is 43.1 Å². The van der Waals surface area contributed by atoms with Crippen LogP contribution in [0.4, 0.5) is 18.0 Å². The van der Waals surface area contributed by atoms with Gasteiger partial charge in [-0.3, -0.25) is 4.79 Å². The number of rotatable bonds is 9. The van der Waals surface area contributed by atoms with E-state index in [1.54, 1.807) is 49.4 Å². The molecule has 0 aliphatic carbocycles. The van der Waals surface area contributed by atoms with Gasteiger partial charge in [0, 0.05) is 12.1 Å². The van der Waals surface area contributed by atoms with Crippen LogP contribution in [0, 0.1) is 0 Å². The second-order valence-electron chi connectivity index (χ2n) is 9.84. The van der Waals surface area contributed by atoms with Gasteiger partial charge in [0.25, 0.3) is 5.91 Å². The highest BCUT2D eigenvalue weighted by Gasteiger charge is 2.36. The largest absolute Gasteiger partial charge is 0.497 e. The van der Waals surface area contributed by atoms with Gasteiger partial charge in [-0.05, 0) is 66.6 Å². The molecule has 3 aromatic carbocycles. The Kier molecular flexibility index (Phi) is 8.65. The molecular formula is C31H28F3N3O7. The third kappa shape index (κ3) is 6.56. The molecule has 13 heteroatoms. The SMILES string of the molecule is CCOC(=O)C1=C(CN(Cc2ccc3c(c2)OCO3)C(=O)c2ccc(C(F)(F)F)cc2)NC(=O)NC1c1ccc(OC)cc1. The molecule has 0 bridgehead atoms. The lowest BCUT2D eigenvalue weighted by atomic mass is 9.94. The Bertz CT molecular complexity index is 1590. The number of carbonyl (C=O) groups is 3. The Morgan fingerprint density at radius 2 is 1.68 bits per heavy atom. The fourth-order valence-electron chi connectivity index (χ4n) is 4.87. The highest BCUT2D eigenvalue weighted by molar-refractivity contribution is 5.97. The minimum atomic E-state index is -4.58. The molecule has 2 aliphatic heterocycles. The van der Waals surface area contributed by atoms with Crippen LogP contribution >= 0.6 is 0 Å². The third-order valence-corrected chi connectivity index (χ3v) is 7.00. The topological polar surface area (TPSA) is 115 Å². The van der Waals surface area contributed by atoms with Crippen molar-refractivity contribution in [1.29, 1.82) is 0 Å². The van der Waals surface area contributed by atoms with Crippen molar-refractivity contribution in [3.63, 3.8) is 0 Å². The van der Waals surface area contributed by atoms with Crippen LogP contribution in [0.15, 0.2) is 78.0 Å². The summed E-state index contributed by atoms with van der Waals surface area (Å²) in [5.41, 5.74) is 0.388. The maximum Gasteiger partial charge on any atom is 0.416 e. The molecule has 2 aliphatic rings. The quantitative estimate of drug-likeness (QED) is 0.329. The number of methoxy groups -OCH3 is 1. The van der Waals surface area contributed by atoms with Gasteiger partial charge in [-0.2, -0.15) is 13.2 Å². The van der Waals surface area contributed by atoms with E-state index < -0.39 is 35.7 Å². The Morgan fingerprint density at radius 1 is 0.977 bits per heavy atom. The first-order chi connectivity index (χ1) is 21.1. The fraction of sp³-hybridized carbons (Fsp3) is 0.258. The Balaban J connectivity index is 1.55. The van der Waals surface area contributed by atoms with Crippen LogP contribution in [0.25, 0.3) is 0 Å². The number of benzene rings is 3. The molecule has 0 aromatic heterocycles. The van der Waals surface area contributed by atoms with Gasteiger partial charge in [0.15, 0.2) is 11.5 Å². The first-order valence-corrected chi connectivity index (χ1v) is 13.5. The summed E-state index contributed by atoms with van der Waals surface area (Å²) in [6.45, 7) is 1.38. The lowest BCUT2D eigenvalue weighted by Gasteiger charge is -2.32. The Hall–Kier alpha value is -5.20. The number of carbonyl (C=O) groups excluding carboxylic acids is 3. The number of esters is 1. The molecule has 230 valence electrons. The van der Waals surface area contributed by atoms with E-state index in [4.69, 9.17) is 18.9 Å². The van der Waals surface area contributed by atoms with Crippen LogP contribution in [0.1, 0.15) is 40.0 Å². The van der Waals surface area contributed by atoms with Crippen LogP contribution < -0.4 is 24.8 Å². The molecule has 44 heavy (non-hydrogen) atoms. The number of alkyl halides is 3. The molecule has 1 unspecified atom stereocenters. The van der Waals surface area contributed by atoms with Crippen molar-refractivity contribution >= 4 is 17.9 Å². The molecule has 0 fully saturated rings. The molecule has 1 atom stereocenters. The van der Waals surface area contributed by atoms with Crippen LogP contribution in [0.3, 0.4) is 0 Å². The molecule has 0 radical (unpaired) electrons. The monoisotopic (exact) mass is 611 g/mol. The lowest BCUT2D eigenvalue weighted by molar-refractivity contribution is -0.139. The summed E-state index contributed by atoms with van der Waals surface area (Å²) < 4.78 is 61.0. The highest BCUT2D eigenvalue weighted by atomic mass is 19.4. The molecule has 3 amide bonds. The zero-order valence-corrected chi connectivity index (χ0v) is 23.7. The van der Waals surface area contributed by atoms with Gasteiger partial charge in [-0.25, -0.2) is 9.59 Å². The van der Waals surface area contributed by atoms with Gasteiger partial charge in [0.2, 0.25) is 6.79 Å². The molecule has 2 heterocycles. The lowest BCUT2D eigenvalue weighted by Crippen LogP contribution is -2.49. The van der Waals surface area contributed by atoms with E-state index in [0.717, 1.165) is 24.3 Å². The fourth-order valence-corrected chi connectivity index (χ4v) is 4.87. The van der Waals surface area contributed by atoms with E-state index in [9.17, 15) is 27.6 Å². The van der Waals surface area contributed by atoms with Crippen molar-refractivity contribution in [2.75, 3.05) is 27.1 Å². The Labute approximate surface area is 250 Å². The van der Waals surface area contributed by atoms with Gasteiger partial charge in [-0.15, -0.1) is 0 Å². The van der Waals surface area contributed by atoms with Crippen molar-refractivity contribution in [2.45, 2.75) is 25.7 Å². The van der Waals surface area contributed by atoms with Crippen molar-refractivity contribution < 1.29 is 46.5 Å². The van der Waals surface area contributed by atoms with Crippen molar-refractivity contribution in [3.8, 4) is 17.2 Å². The van der Waals surface area contributed by atoms with Gasteiger partial charge >= 0.3 is 18.2 Å². The number of hydrogen-bond acceptors (Lipinski definition) is 7. The molecule has 0 saturated heterocycles. The minimum absolute atomic E-state index is 0.0241. The van der Waals surface area contributed by atoms with E-state index in [2.05, 4.69) is 10.6 Å². The minimum Gasteiger partial charge on any atom is -0.497 e. The number of nitrogens with one attached hydrogen (secondary N) is 2. The van der Waals surface area contributed by atoms with Crippen LogP contribution in [-0.4, -0.2) is 49.9 Å². The number of urea groups is 1. The summed E-state index contributed by atoms with van der Waals surface area (Å²) in [6, 6.07) is 14.0. The highest BCUT2D eigenvalue weighted by Crippen LogP contribution is 2.34. The van der Waals surface area contributed by atoms with E-state index >= 15 is 0 Å². The van der Waals surface area contributed by atoms with Crippen molar-refractivity contribution in [2.24, 2.45) is 0 Å². The smallest absolute Gasteiger partial charge is 0.416 e. The molecule has 3 aromatic rings. The standard InChI is InChI=1S/C31H28F3N3O7/c1-3-42-29(39)26-23(35-30(40)36-27(26)19-7-11-22(41-2)12-8-19)16-37(15-18-4-13-24-25(14-18)44-17-43-24)28(38)20-5-9-21(10-6-20)31(32,33)34/h4-14,27H,3,15-17H2,1-2H3,(H2,35,36,40). The number of fused-ring (bicyclic) bond motifs is 1. The van der Waals surface area contributed by atoms with E-state index in [-0.39, 0.29) is 43.3 Å². The molecule has 0 saturated carbocycles. The summed E-state index contributed by atoms with van der Waals surface area (Å²) in [4.78, 5) is 41.3. The van der Waals surface area contributed by atoms with Gasteiger partial charge < -0.3 is 34.5 Å². The summed E-state index contributed by atoms with van der Waals surface area (Å²) in [6.07, 6.45) is -4.58. The number of nitrogens with zero attached hydrogens (tertiary/aromatic N) is 1. The Morgan fingerprint density at radius 3 is 2.34 bits per heavy atom. The number of amides is 3. The number of halogens is 3. The van der Waals surface area contributed by atoms with E-state index in [1.807, 2.05) is 0 Å².